The van der Waals surface area contributed by atoms with Crippen molar-refractivity contribution in [1.82, 2.24) is 0 Å². The first kappa shape index (κ1) is 27.3. The number of alkyl halides is 2. The van der Waals surface area contributed by atoms with Crippen LogP contribution in [0.4, 0.5) is 0 Å². The molecule has 0 rings (SSSR count). The zero-order valence-electron chi connectivity index (χ0n) is 14.5. The molecule has 0 aromatic carbocycles. The highest BCUT2D eigenvalue weighted by atomic mass is 35.5. The molecule has 136 valence electrons. The number of rotatable bonds is 5. The van der Waals surface area contributed by atoms with Gasteiger partial charge in [-0.2, -0.15) is 0 Å². The second kappa shape index (κ2) is 12.8. The largest absolute Gasteiger partial charge is 0.454 e. The molecule has 0 saturated heterocycles. The molecule has 0 aromatic rings. The molecular formula is C16H27Cl3O4. The predicted molar refractivity (Wildman–Crippen MR) is 98.4 cm³/mol. The molecule has 0 heterocycles. The standard InChI is InChI=1S/C8H13ClO2.C5H10O.C3H4Cl2O/c1-5-8(3,4)11-7(10)6(2)9;1-4-5(2,3)6;1-2(4)3(5)6/h5-6H,1H2,2-4H3;4,6H,1H2,2-3H3;2H,1H3. The van der Waals surface area contributed by atoms with Crippen molar-refractivity contribution in [3.63, 3.8) is 0 Å². The van der Waals surface area contributed by atoms with Crippen LogP contribution in [0.25, 0.3) is 0 Å². The lowest BCUT2D eigenvalue weighted by Gasteiger charge is -2.21. The van der Waals surface area contributed by atoms with E-state index in [1.807, 2.05) is 0 Å². The Bertz CT molecular complexity index is 383. The molecule has 0 saturated carbocycles. The van der Waals surface area contributed by atoms with Crippen LogP contribution in [0.3, 0.4) is 0 Å². The van der Waals surface area contributed by atoms with Crippen molar-refractivity contribution in [3.8, 4) is 0 Å². The Morgan fingerprint density at radius 3 is 1.48 bits per heavy atom. The van der Waals surface area contributed by atoms with Crippen LogP contribution < -0.4 is 0 Å². The van der Waals surface area contributed by atoms with Crippen LogP contribution in [0.5, 0.6) is 0 Å². The summed E-state index contributed by atoms with van der Waals surface area (Å²) in [5.74, 6) is -0.420. The number of hydrogen-bond acceptors (Lipinski definition) is 4. The summed E-state index contributed by atoms with van der Waals surface area (Å²) in [4.78, 5) is 20.7. The molecule has 0 aliphatic carbocycles. The maximum absolute atomic E-state index is 10.9. The topological polar surface area (TPSA) is 63.6 Å². The van der Waals surface area contributed by atoms with Gasteiger partial charge in [0, 0.05) is 0 Å². The van der Waals surface area contributed by atoms with Crippen LogP contribution in [0, 0.1) is 0 Å². The predicted octanol–water partition coefficient (Wildman–Crippen LogP) is 4.44. The van der Waals surface area contributed by atoms with Crippen LogP contribution >= 0.6 is 34.8 Å². The molecule has 0 fully saturated rings. The van der Waals surface area contributed by atoms with Crippen molar-refractivity contribution in [2.75, 3.05) is 0 Å². The first-order chi connectivity index (χ1) is 10.1. The molecule has 0 spiro atoms. The summed E-state index contributed by atoms with van der Waals surface area (Å²) in [6.07, 6.45) is 3.05. The lowest BCUT2D eigenvalue weighted by Crippen LogP contribution is -2.28. The summed E-state index contributed by atoms with van der Waals surface area (Å²) >= 11 is 15.5. The second-order valence-corrected chi connectivity index (χ2v) is 7.30. The molecule has 0 radical (unpaired) electrons. The average molecular weight is 390 g/mol. The molecule has 7 heteroatoms. The lowest BCUT2D eigenvalue weighted by atomic mass is 10.1. The fourth-order valence-electron chi connectivity index (χ4n) is 0.382. The third-order valence-electron chi connectivity index (χ3n) is 1.99. The summed E-state index contributed by atoms with van der Waals surface area (Å²) in [5.41, 5.74) is -1.32. The smallest absolute Gasteiger partial charge is 0.324 e. The summed E-state index contributed by atoms with van der Waals surface area (Å²) < 4.78 is 4.96. The summed E-state index contributed by atoms with van der Waals surface area (Å²) in [6.45, 7) is 16.9. The van der Waals surface area contributed by atoms with Gasteiger partial charge in [0.25, 0.3) is 0 Å². The Balaban J connectivity index is -0.000000284. The minimum absolute atomic E-state index is 0.420. The highest BCUT2D eigenvalue weighted by Gasteiger charge is 2.21. The van der Waals surface area contributed by atoms with Crippen LogP contribution in [-0.4, -0.2) is 38.3 Å². The van der Waals surface area contributed by atoms with Crippen LogP contribution in [0.15, 0.2) is 25.3 Å². The average Bonchev–Trinajstić information content (AvgIpc) is 2.38. The molecule has 0 bridgehead atoms. The number of aliphatic hydroxyl groups is 1. The molecule has 0 aromatic heterocycles. The van der Waals surface area contributed by atoms with Gasteiger partial charge in [-0.1, -0.05) is 12.7 Å². The van der Waals surface area contributed by atoms with Crippen LogP contribution in [0.2, 0.25) is 0 Å². The van der Waals surface area contributed by atoms with Crippen molar-refractivity contribution < 1.29 is 19.4 Å². The van der Waals surface area contributed by atoms with E-state index in [9.17, 15) is 9.59 Å². The maximum atomic E-state index is 10.9. The summed E-state index contributed by atoms with van der Waals surface area (Å²) in [7, 11) is 0. The monoisotopic (exact) mass is 388 g/mol. The van der Waals surface area contributed by atoms with Gasteiger partial charge in [-0.05, 0) is 59.2 Å². The normalized spacial score (nSPS) is 13.1. The SMILES string of the molecule is C=CC(C)(C)O.C=CC(C)(C)OC(=O)C(C)Cl.CC(Cl)C(=O)Cl. The zero-order chi connectivity index (χ0) is 19.4. The van der Waals surface area contributed by atoms with Gasteiger partial charge in [0.15, 0.2) is 0 Å². The molecule has 0 aliphatic heterocycles. The zero-order valence-corrected chi connectivity index (χ0v) is 16.8. The molecule has 2 unspecified atom stereocenters. The van der Waals surface area contributed by atoms with E-state index in [0.29, 0.717) is 0 Å². The second-order valence-electron chi connectivity index (χ2n) is 5.62. The molecule has 2 atom stereocenters. The number of hydrogen-bond donors (Lipinski definition) is 1. The Morgan fingerprint density at radius 1 is 1.04 bits per heavy atom. The van der Waals surface area contributed by atoms with Gasteiger partial charge in [0.2, 0.25) is 5.24 Å². The third kappa shape index (κ3) is 23.8. The van der Waals surface area contributed by atoms with E-state index < -0.39 is 33.2 Å². The van der Waals surface area contributed by atoms with Gasteiger partial charge < -0.3 is 9.84 Å². The Hall–Kier alpha value is -0.550. The molecule has 1 N–H and O–H groups in total. The summed E-state index contributed by atoms with van der Waals surface area (Å²) in [6, 6.07) is 0. The fourth-order valence-corrected chi connectivity index (χ4v) is 0.427. The van der Waals surface area contributed by atoms with Gasteiger partial charge in [-0.15, -0.1) is 29.8 Å². The van der Waals surface area contributed by atoms with Crippen molar-refractivity contribution in [2.24, 2.45) is 0 Å². The highest BCUT2D eigenvalue weighted by Crippen LogP contribution is 2.12. The van der Waals surface area contributed by atoms with E-state index in [1.165, 1.54) is 13.0 Å². The molecule has 0 amide bonds. The minimum Gasteiger partial charge on any atom is -0.454 e. The Kier molecular flexibility index (Phi) is 15.2. The van der Waals surface area contributed by atoms with Crippen molar-refractivity contribution >= 4 is 46.0 Å². The number of halogens is 3. The summed E-state index contributed by atoms with van der Waals surface area (Å²) in [5, 5.41) is 7.05. The Labute approximate surface area is 154 Å². The molecule has 4 nitrogen and oxygen atoms in total. The van der Waals surface area contributed by atoms with E-state index in [1.54, 1.807) is 40.7 Å². The quantitative estimate of drug-likeness (QED) is 0.327. The van der Waals surface area contributed by atoms with E-state index in [4.69, 9.17) is 44.6 Å². The first-order valence-corrected chi connectivity index (χ1v) is 8.04. The van der Waals surface area contributed by atoms with Crippen molar-refractivity contribution in [2.45, 2.75) is 63.5 Å². The van der Waals surface area contributed by atoms with E-state index in [2.05, 4.69) is 13.2 Å². The highest BCUT2D eigenvalue weighted by molar-refractivity contribution is 6.69. The Morgan fingerprint density at radius 2 is 1.35 bits per heavy atom. The van der Waals surface area contributed by atoms with Crippen molar-refractivity contribution in [3.05, 3.63) is 25.3 Å². The lowest BCUT2D eigenvalue weighted by molar-refractivity contribution is -0.151. The number of carbonyl (C=O) groups is 2. The number of ether oxygens (including phenoxy) is 1. The molecule has 0 aliphatic rings. The van der Waals surface area contributed by atoms with E-state index >= 15 is 0 Å². The third-order valence-corrected chi connectivity index (χ3v) is 2.81. The number of esters is 1. The van der Waals surface area contributed by atoms with Gasteiger partial charge >= 0.3 is 5.97 Å². The van der Waals surface area contributed by atoms with Gasteiger partial charge in [0.05, 0.1) is 5.60 Å². The van der Waals surface area contributed by atoms with Crippen molar-refractivity contribution in [1.29, 1.82) is 0 Å². The number of carbonyl (C=O) groups excluding carboxylic acids is 2. The van der Waals surface area contributed by atoms with E-state index in [-0.39, 0.29) is 0 Å². The van der Waals surface area contributed by atoms with Gasteiger partial charge in [-0.25, -0.2) is 0 Å². The molecular weight excluding hydrogens is 363 g/mol. The van der Waals surface area contributed by atoms with Gasteiger partial charge in [0.1, 0.15) is 16.4 Å². The van der Waals surface area contributed by atoms with E-state index in [0.717, 1.165) is 0 Å². The maximum Gasteiger partial charge on any atom is 0.324 e. The fraction of sp³-hybridized carbons (Fsp3) is 0.625. The first-order valence-electron chi connectivity index (χ1n) is 6.79. The van der Waals surface area contributed by atoms with Crippen LogP contribution in [0.1, 0.15) is 41.5 Å². The molecule has 23 heavy (non-hydrogen) atoms. The van der Waals surface area contributed by atoms with Gasteiger partial charge in [-0.3, -0.25) is 9.59 Å². The van der Waals surface area contributed by atoms with Crippen LogP contribution in [-0.2, 0) is 14.3 Å². The minimum atomic E-state index is -0.694.